The van der Waals surface area contributed by atoms with E-state index in [2.05, 4.69) is 4.98 Å². The van der Waals surface area contributed by atoms with Crippen LogP contribution in [0.25, 0.3) is 0 Å². The lowest BCUT2D eigenvalue weighted by Gasteiger charge is -2.25. The molecule has 0 spiro atoms. The average Bonchev–Trinajstić information content (AvgIpc) is 3.16. The second-order valence-corrected chi connectivity index (χ2v) is 6.21. The number of hydrogen-bond acceptors (Lipinski definition) is 4. The molecule has 3 aromatic rings. The fourth-order valence-electron chi connectivity index (χ4n) is 2.96. The van der Waals surface area contributed by atoms with Gasteiger partial charge < -0.3 is 14.1 Å². The maximum atomic E-state index is 13.3. The lowest BCUT2D eigenvalue weighted by atomic mass is 10.1. The number of aromatic nitrogens is 1. The molecule has 2 heterocycles. The highest BCUT2D eigenvalue weighted by Crippen LogP contribution is 2.23. The van der Waals surface area contributed by atoms with E-state index < -0.39 is 5.82 Å². The van der Waals surface area contributed by atoms with Crippen molar-refractivity contribution >= 4 is 5.91 Å². The van der Waals surface area contributed by atoms with Crippen molar-refractivity contribution < 1.29 is 22.7 Å². The number of carbonyl (C=O) groups is 1. The Morgan fingerprint density at radius 3 is 2.62 bits per heavy atom. The molecule has 0 unspecified atom stereocenters. The number of benzene rings is 2. The predicted molar refractivity (Wildman–Crippen MR) is 103 cm³/mol. The Morgan fingerprint density at radius 1 is 1.14 bits per heavy atom. The number of ether oxygens (including phenoxy) is 1. The molecule has 4 rings (SSSR count). The summed E-state index contributed by atoms with van der Waals surface area (Å²) in [7, 11) is 0. The molecule has 5 nitrogen and oxygen atoms in total. The number of carbonyl (C=O) groups excluding carboxylic acids is 1. The van der Waals surface area contributed by atoms with Crippen molar-refractivity contribution in [2.75, 3.05) is 6.54 Å². The second kappa shape index (κ2) is 9.32. The maximum Gasteiger partial charge on any atom is 0.254 e. The monoisotopic (exact) mass is 400 g/mol. The quantitative estimate of drug-likeness (QED) is 0.634. The summed E-state index contributed by atoms with van der Waals surface area (Å²) in [5.74, 6) is 0.472. The molecule has 0 saturated heterocycles. The van der Waals surface area contributed by atoms with Gasteiger partial charge in [-0.2, -0.15) is 0 Å². The van der Waals surface area contributed by atoms with Crippen LogP contribution in [-0.2, 0) is 19.6 Å². The molecule has 1 aliphatic rings. The van der Waals surface area contributed by atoms with Gasteiger partial charge in [-0.3, -0.25) is 4.79 Å². The lowest BCUT2D eigenvalue weighted by Crippen LogP contribution is -2.35. The van der Waals surface area contributed by atoms with E-state index >= 15 is 0 Å². The van der Waals surface area contributed by atoms with Crippen LogP contribution < -0.4 is 4.74 Å². The number of halogens is 2. The van der Waals surface area contributed by atoms with Crippen molar-refractivity contribution in [2.45, 2.75) is 33.4 Å². The van der Waals surface area contributed by atoms with Crippen LogP contribution in [0.1, 0.15) is 41.6 Å². The standard InChI is InChI=1S/C20H16F2N2O3.C2H6/c21-14-4-6-16(7-5-14)26-12-19-23-17-8-9-24(11-18(17)27-19)20(25)13-2-1-3-15(22)10-13;1-2/h1-7,10H,8-9,11-12H2;1-2H3. The van der Waals surface area contributed by atoms with Crippen molar-refractivity contribution in [3.8, 4) is 5.75 Å². The average molecular weight is 400 g/mol. The van der Waals surface area contributed by atoms with Crippen LogP contribution in [0.4, 0.5) is 8.78 Å². The first-order chi connectivity index (χ1) is 14.1. The molecule has 0 aliphatic carbocycles. The van der Waals surface area contributed by atoms with Gasteiger partial charge in [0.1, 0.15) is 23.1 Å². The highest BCUT2D eigenvalue weighted by molar-refractivity contribution is 5.94. The Bertz CT molecular complexity index is 970. The SMILES string of the molecule is CC.O=C(c1cccc(F)c1)N1CCc2nc(COc3ccc(F)cc3)oc2C1. The highest BCUT2D eigenvalue weighted by atomic mass is 19.1. The van der Waals surface area contributed by atoms with Crippen LogP contribution in [0.5, 0.6) is 5.75 Å². The van der Waals surface area contributed by atoms with Crippen molar-refractivity contribution in [1.82, 2.24) is 9.88 Å². The summed E-state index contributed by atoms with van der Waals surface area (Å²) in [5, 5.41) is 0. The number of nitrogens with zero attached hydrogens (tertiary/aromatic N) is 2. The van der Waals surface area contributed by atoms with Crippen LogP contribution in [0.15, 0.2) is 52.9 Å². The minimum atomic E-state index is -0.446. The van der Waals surface area contributed by atoms with Gasteiger partial charge in [0.15, 0.2) is 6.61 Å². The van der Waals surface area contributed by atoms with E-state index in [0.717, 1.165) is 5.69 Å². The Kier molecular flexibility index (Phi) is 6.59. The van der Waals surface area contributed by atoms with E-state index in [1.54, 1.807) is 11.0 Å². The molecule has 2 aromatic carbocycles. The van der Waals surface area contributed by atoms with Crippen LogP contribution >= 0.6 is 0 Å². The summed E-state index contributed by atoms with van der Waals surface area (Å²) in [6.45, 7) is 4.86. The molecule has 0 N–H and O–H groups in total. The molecule has 1 aliphatic heterocycles. The zero-order valence-corrected chi connectivity index (χ0v) is 16.3. The normalized spacial score (nSPS) is 12.6. The summed E-state index contributed by atoms with van der Waals surface area (Å²) in [4.78, 5) is 18.6. The smallest absolute Gasteiger partial charge is 0.254 e. The van der Waals surface area contributed by atoms with Crippen molar-refractivity contribution in [3.63, 3.8) is 0 Å². The summed E-state index contributed by atoms with van der Waals surface area (Å²) < 4.78 is 37.5. The Labute approximate surface area is 167 Å². The molecule has 0 saturated carbocycles. The molecule has 0 fully saturated rings. The van der Waals surface area contributed by atoms with Gasteiger partial charge in [0.05, 0.1) is 12.2 Å². The fourth-order valence-corrected chi connectivity index (χ4v) is 2.96. The molecular formula is C22H22F2N2O3. The van der Waals surface area contributed by atoms with Gasteiger partial charge in [-0.1, -0.05) is 19.9 Å². The van der Waals surface area contributed by atoms with E-state index in [1.807, 2.05) is 13.8 Å². The Balaban J connectivity index is 0.00000117. The molecule has 0 bridgehead atoms. The Hall–Kier alpha value is -3.22. The van der Waals surface area contributed by atoms with Gasteiger partial charge in [-0.25, -0.2) is 13.8 Å². The van der Waals surface area contributed by atoms with E-state index in [0.29, 0.717) is 35.9 Å². The third-order valence-electron chi connectivity index (χ3n) is 4.31. The van der Waals surface area contributed by atoms with Crippen LogP contribution in [-0.4, -0.2) is 22.3 Å². The first-order valence-corrected chi connectivity index (χ1v) is 9.49. The highest BCUT2D eigenvalue weighted by Gasteiger charge is 2.26. The molecule has 0 atom stereocenters. The summed E-state index contributed by atoms with van der Waals surface area (Å²) in [6, 6.07) is 11.3. The molecule has 0 radical (unpaired) electrons. The first kappa shape index (κ1) is 20.5. The molecular weight excluding hydrogens is 378 g/mol. The van der Waals surface area contributed by atoms with Gasteiger partial charge in [0.25, 0.3) is 5.91 Å². The summed E-state index contributed by atoms with van der Waals surface area (Å²) in [5.41, 5.74) is 1.09. The minimum absolute atomic E-state index is 0.108. The van der Waals surface area contributed by atoms with Gasteiger partial charge in [-0.15, -0.1) is 0 Å². The van der Waals surface area contributed by atoms with Crippen molar-refractivity contribution in [1.29, 1.82) is 0 Å². The third-order valence-corrected chi connectivity index (χ3v) is 4.31. The zero-order valence-electron chi connectivity index (χ0n) is 16.3. The van der Waals surface area contributed by atoms with Gasteiger partial charge in [0, 0.05) is 18.5 Å². The molecule has 1 amide bonds. The molecule has 29 heavy (non-hydrogen) atoms. The lowest BCUT2D eigenvalue weighted by molar-refractivity contribution is 0.0717. The summed E-state index contributed by atoms with van der Waals surface area (Å²) >= 11 is 0. The number of amides is 1. The third kappa shape index (κ3) is 4.99. The second-order valence-electron chi connectivity index (χ2n) is 6.21. The number of oxazole rings is 1. The van der Waals surface area contributed by atoms with Gasteiger partial charge in [-0.05, 0) is 42.5 Å². The van der Waals surface area contributed by atoms with Crippen LogP contribution in [0.2, 0.25) is 0 Å². The summed E-state index contributed by atoms with van der Waals surface area (Å²) in [6.07, 6.45) is 0.552. The van der Waals surface area contributed by atoms with Crippen molar-refractivity contribution in [3.05, 3.63) is 83.1 Å². The van der Waals surface area contributed by atoms with E-state index in [4.69, 9.17) is 9.15 Å². The maximum absolute atomic E-state index is 13.3. The number of fused-ring (bicyclic) bond motifs is 1. The largest absolute Gasteiger partial charge is 0.484 e. The fraction of sp³-hybridized carbons (Fsp3) is 0.273. The number of rotatable bonds is 4. The van der Waals surface area contributed by atoms with Gasteiger partial charge >= 0.3 is 0 Å². The number of hydrogen-bond donors (Lipinski definition) is 0. The first-order valence-electron chi connectivity index (χ1n) is 9.49. The van der Waals surface area contributed by atoms with E-state index in [1.165, 1.54) is 42.5 Å². The minimum Gasteiger partial charge on any atom is -0.484 e. The van der Waals surface area contributed by atoms with Crippen LogP contribution in [0, 0.1) is 11.6 Å². The molecule has 152 valence electrons. The molecule has 1 aromatic heterocycles. The van der Waals surface area contributed by atoms with Crippen molar-refractivity contribution in [2.24, 2.45) is 0 Å². The van der Waals surface area contributed by atoms with Crippen LogP contribution in [0.3, 0.4) is 0 Å². The zero-order chi connectivity index (χ0) is 20.8. The topological polar surface area (TPSA) is 55.6 Å². The predicted octanol–water partition coefficient (Wildman–Crippen LogP) is 4.76. The van der Waals surface area contributed by atoms with Gasteiger partial charge in [0.2, 0.25) is 5.89 Å². The van der Waals surface area contributed by atoms with E-state index in [9.17, 15) is 13.6 Å². The Morgan fingerprint density at radius 2 is 1.90 bits per heavy atom. The van der Waals surface area contributed by atoms with E-state index in [-0.39, 0.29) is 24.9 Å². The molecule has 7 heteroatoms.